The summed E-state index contributed by atoms with van der Waals surface area (Å²) in [6.45, 7) is 1.92. The Morgan fingerprint density at radius 3 is 2.58 bits per heavy atom. The molecule has 1 heterocycles. The minimum absolute atomic E-state index is 0.235. The molecule has 8 heteroatoms. The molecular weight excluding hydrogens is 486 g/mol. The Hall–Kier alpha value is -3.78. The number of halogens is 1. The molecule has 0 aliphatic heterocycles. The van der Waals surface area contributed by atoms with E-state index in [0.717, 1.165) is 4.47 Å². The zero-order valence-corrected chi connectivity index (χ0v) is 19.6. The van der Waals surface area contributed by atoms with Crippen LogP contribution in [0.1, 0.15) is 28.7 Å². The van der Waals surface area contributed by atoms with Crippen LogP contribution in [0.15, 0.2) is 81.1 Å². The van der Waals surface area contributed by atoms with Crippen molar-refractivity contribution in [1.82, 2.24) is 9.66 Å². The van der Waals surface area contributed by atoms with Crippen LogP contribution < -0.4 is 15.0 Å². The van der Waals surface area contributed by atoms with Crippen LogP contribution in [-0.2, 0) is 6.42 Å². The van der Waals surface area contributed by atoms with Gasteiger partial charge in [-0.3, -0.25) is 4.79 Å². The van der Waals surface area contributed by atoms with Gasteiger partial charge in [0.2, 0.25) is 0 Å². The van der Waals surface area contributed by atoms with Crippen molar-refractivity contribution in [2.45, 2.75) is 13.3 Å². The first kappa shape index (κ1) is 22.4. The smallest absolute Gasteiger partial charge is 0.343 e. The Labute approximate surface area is 198 Å². The summed E-state index contributed by atoms with van der Waals surface area (Å²) in [7, 11) is 1.49. The summed E-state index contributed by atoms with van der Waals surface area (Å²) in [6.07, 6.45) is 2.09. The predicted molar refractivity (Wildman–Crippen MR) is 130 cm³/mol. The average molecular weight is 506 g/mol. The number of aryl methyl sites for hydroxylation is 1. The summed E-state index contributed by atoms with van der Waals surface area (Å²) >= 11 is 3.34. The topological polar surface area (TPSA) is 82.8 Å². The number of aromatic nitrogens is 2. The molecule has 0 atom stereocenters. The molecule has 33 heavy (non-hydrogen) atoms. The second-order valence-corrected chi connectivity index (χ2v) is 7.98. The Balaban J connectivity index is 1.62. The molecule has 0 unspecified atom stereocenters. The fourth-order valence-electron chi connectivity index (χ4n) is 3.24. The fraction of sp³-hybridized carbons (Fsp3) is 0.120. The van der Waals surface area contributed by atoms with E-state index in [-0.39, 0.29) is 11.3 Å². The van der Waals surface area contributed by atoms with Gasteiger partial charge in [-0.25, -0.2) is 9.78 Å². The standard InChI is InChI=1S/C25H20BrN3O4/c1-3-23-28-20-7-5-4-6-19(20)24(30)29(23)27-15-16-8-13-21(22(14-16)32-2)33-25(31)17-9-11-18(26)12-10-17/h4-15H,3H2,1-2H3. The summed E-state index contributed by atoms with van der Waals surface area (Å²) in [6, 6.07) is 19.1. The SMILES string of the molecule is CCc1nc2ccccc2c(=O)n1N=Cc1ccc(OC(=O)c2ccc(Br)cc2)c(OC)c1. The molecule has 0 N–H and O–H groups in total. The zero-order chi connectivity index (χ0) is 23.4. The molecule has 0 amide bonds. The molecule has 0 radical (unpaired) electrons. The largest absolute Gasteiger partial charge is 0.493 e. The molecule has 0 aliphatic rings. The third kappa shape index (κ3) is 4.85. The molecule has 3 aromatic carbocycles. The number of carbonyl (C=O) groups is 1. The molecular formula is C25H20BrN3O4. The van der Waals surface area contributed by atoms with Gasteiger partial charge in [0.25, 0.3) is 5.56 Å². The summed E-state index contributed by atoms with van der Waals surface area (Å²) in [5.74, 6) is 0.705. The molecule has 0 saturated heterocycles. The summed E-state index contributed by atoms with van der Waals surface area (Å²) in [5, 5.41) is 4.87. The highest BCUT2D eigenvalue weighted by Crippen LogP contribution is 2.28. The van der Waals surface area contributed by atoms with E-state index in [0.29, 0.717) is 40.0 Å². The fourth-order valence-corrected chi connectivity index (χ4v) is 3.50. The van der Waals surface area contributed by atoms with Gasteiger partial charge < -0.3 is 9.47 Å². The lowest BCUT2D eigenvalue weighted by atomic mass is 10.2. The second kappa shape index (κ2) is 9.79. The van der Waals surface area contributed by atoms with Crippen molar-refractivity contribution < 1.29 is 14.3 Å². The van der Waals surface area contributed by atoms with E-state index in [1.165, 1.54) is 11.8 Å². The van der Waals surface area contributed by atoms with E-state index in [1.54, 1.807) is 60.8 Å². The lowest BCUT2D eigenvalue weighted by Gasteiger charge is -2.10. The number of fused-ring (bicyclic) bond motifs is 1. The molecule has 0 fully saturated rings. The molecule has 4 aromatic rings. The van der Waals surface area contributed by atoms with Crippen molar-refractivity contribution in [1.29, 1.82) is 0 Å². The van der Waals surface area contributed by atoms with Crippen LogP contribution in [0.25, 0.3) is 10.9 Å². The second-order valence-electron chi connectivity index (χ2n) is 7.07. The van der Waals surface area contributed by atoms with E-state index in [2.05, 4.69) is 26.0 Å². The summed E-state index contributed by atoms with van der Waals surface area (Å²) < 4.78 is 13.1. The van der Waals surface area contributed by atoms with Crippen LogP contribution in [0.4, 0.5) is 0 Å². The van der Waals surface area contributed by atoms with Crippen LogP contribution in [0.3, 0.4) is 0 Å². The maximum absolute atomic E-state index is 12.9. The van der Waals surface area contributed by atoms with Crippen molar-refractivity contribution in [3.05, 3.63) is 98.5 Å². The Morgan fingerprint density at radius 2 is 1.85 bits per heavy atom. The molecule has 166 valence electrons. The number of nitrogens with zero attached hydrogens (tertiary/aromatic N) is 3. The van der Waals surface area contributed by atoms with E-state index < -0.39 is 5.97 Å². The average Bonchev–Trinajstić information content (AvgIpc) is 2.84. The first-order valence-electron chi connectivity index (χ1n) is 10.2. The maximum Gasteiger partial charge on any atom is 0.343 e. The third-order valence-electron chi connectivity index (χ3n) is 4.93. The summed E-state index contributed by atoms with van der Waals surface area (Å²) in [4.78, 5) is 29.9. The number of rotatable bonds is 6. The number of benzene rings is 3. The highest BCUT2D eigenvalue weighted by Gasteiger charge is 2.13. The predicted octanol–water partition coefficient (Wildman–Crippen LogP) is 4.83. The van der Waals surface area contributed by atoms with Gasteiger partial charge in [0.05, 0.1) is 29.8 Å². The quantitative estimate of drug-likeness (QED) is 0.213. The molecule has 0 spiro atoms. The van der Waals surface area contributed by atoms with E-state index in [4.69, 9.17) is 9.47 Å². The van der Waals surface area contributed by atoms with Gasteiger partial charge in [0.1, 0.15) is 5.82 Å². The first-order chi connectivity index (χ1) is 16.0. The lowest BCUT2D eigenvalue weighted by Crippen LogP contribution is -2.22. The van der Waals surface area contributed by atoms with Crippen molar-refractivity contribution in [2.24, 2.45) is 5.10 Å². The number of para-hydroxylation sites is 1. The van der Waals surface area contributed by atoms with Crippen LogP contribution in [0.5, 0.6) is 11.5 Å². The number of hydrogen-bond donors (Lipinski definition) is 0. The number of carbonyl (C=O) groups excluding carboxylic acids is 1. The monoisotopic (exact) mass is 505 g/mol. The van der Waals surface area contributed by atoms with E-state index in [1.807, 2.05) is 19.1 Å². The van der Waals surface area contributed by atoms with Crippen molar-refractivity contribution >= 4 is 39.0 Å². The van der Waals surface area contributed by atoms with Crippen LogP contribution in [0.2, 0.25) is 0 Å². The highest BCUT2D eigenvalue weighted by molar-refractivity contribution is 9.10. The molecule has 0 bridgehead atoms. The molecule has 1 aromatic heterocycles. The Bertz CT molecular complexity index is 1410. The number of ether oxygens (including phenoxy) is 2. The molecule has 0 aliphatic carbocycles. The third-order valence-corrected chi connectivity index (χ3v) is 5.46. The Kier molecular flexibility index (Phi) is 6.65. The van der Waals surface area contributed by atoms with Crippen LogP contribution in [0, 0.1) is 0 Å². The van der Waals surface area contributed by atoms with Crippen LogP contribution in [-0.4, -0.2) is 29.0 Å². The van der Waals surface area contributed by atoms with Gasteiger partial charge in [-0.15, -0.1) is 0 Å². The first-order valence-corrected chi connectivity index (χ1v) is 11.0. The number of methoxy groups -OCH3 is 1. The molecule has 7 nitrogen and oxygen atoms in total. The normalized spacial score (nSPS) is 11.1. The van der Waals surface area contributed by atoms with Crippen molar-refractivity contribution in [3.63, 3.8) is 0 Å². The van der Waals surface area contributed by atoms with Gasteiger partial charge >= 0.3 is 5.97 Å². The van der Waals surface area contributed by atoms with Gasteiger partial charge in [-0.2, -0.15) is 9.78 Å². The van der Waals surface area contributed by atoms with Crippen molar-refractivity contribution in [2.75, 3.05) is 7.11 Å². The van der Waals surface area contributed by atoms with Gasteiger partial charge in [0.15, 0.2) is 11.5 Å². The van der Waals surface area contributed by atoms with Gasteiger partial charge in [0, 0.05) is 10.9 Å². The molecule has 4 rings (SSSR count). The minimum atomic E-state index is -0.497. The lowest BCUT2D eigenvalue weighted by molar-refractivity contribution is 0.0729. The minimum Gasteiger partial charge on any atom is -0.493 e. The van der Waals surface area contributed by atoms with E-state index in [9.17, 15) is 9.59 Å². The van der Waals surface area contributed by atoms with Crippen LogP contribution >= 0.6 is 15.9 Å². The van der Waals surface area contributed by atoms with Crippen molar-refractivity contribution in [3.8, 4) is 11.5 Å². The zero-order valence-electron chi connectivity index (χ0n) is 18.0. The van der Waals surface area contributed by atoms with Gasteiger partial charge in [-0.05, 0) is 60.2 Å². The van der Waals surface area contributed by atoms with E-state index >= 15 is 0 Å². The maximum atomic E-state index is 12.9. The molecule has 0 saturated carbocycles. The van der Waals surface area contributed by atoms with Gasteiger partial charge in [-0.1, -0.05) is 35.0 Å². The number of hydrogen-bond acceptors (Lipinski definition) is 6. The number of esters is 1. The summed E-state index contributed by atoms with van der Waals surface area (Å²) in [5.41, 5.74) is 1.49. The Morgan fingerprint density at radius 1 is 1.09 bits per heavy atom. The highest BCUT2D eigenvalue weighted by atomic mass is 79.9.